The van der Waals surface area contributed by atoms with Crippen LogP contribution in [0.15, 0.2) is 44.8 Å². The molecule has 3 rings (SSSR count). The molecule has 1 amide bonds. The van der Waals surface area contributed by atoms with Gasteiger partial charge in [0.15, 0.2) is 0 Å². The fourth-order valence-electron chi connectivity index (χ4n) is 2.57. The number of carbonyl (C=O) groups excluding carboxylic acids is 1. The lowest BCUT2D eigenvalue weighted by Gasteiger charge is -2.34. The molecule has 5 nitrogen and oxygen atoms in total. The molecule has 0 saturated carbocycles. The Hall–Kier alpha value is -1.49. The van der Waals surface area contributed by atoms with Gasteiger partial charge in [0, 0.05) is 32.2 Å². The van der Waals surface area contributed by atoms with Crippen molar-refractivity contribution in [2.45, 2.75) is 9.10 Å². The van der Waals surface area contributed by atoms with E-state index in [1.54, 1.807) is 16.2 Å². The minimum Gasteiger partial charge on any atom is -0.339 e. The van der Waals surface area contributed by atoms with Crippen molar-refractivity contribution in [3.63, 3.8) is 0 Å². The molecule has 1 aliphatic heterocycles. The van der Waals surface area contributed by atoms with Crippen molar-refractivity contribution in [3.05, 3.63) is 47.3 Å². The topological polar surface area (TPSA) is 57.7 Å². The minimum atomic E-state index is -4.06. The predicted molar refractivity (Wildman–Crippen MR) is 96.7 cm³/mol. The number of sulfonamides is 1. The molecular formula is C16H16F2N2O3S3. The van der Waals surface area contributed by atoms with E-state index in [-0.39, 0.29) is 32.1 Å². The summed E-state index contributed by atoms with van der Waals surface area (Å²) >= 11 is 3.00. The summed E-state index contributed by atoms with van der Waals surface area (Å²) in [5.41, 5.74) is 0. The van der Waals surface area contributed by atoms with E-state index in [1.807, 2.05) is 17.5 Å². The Morgan fingerprint density at radius 3 is 2.50 bits per heavy atom. The Morgan fingerprint density at radius 1 is 1.15 bits per heavy atom. The first-order valence-electron chi connectivity index (χ1n) is 7.77. The summed E-state index contributed by atoms with van der Waals surface area (Å²) in [5.74, 6) is -1.72. The second-order valence-electron chi connectivity index (χ2n) is 5.58. The van der Waals surface area contributed by atoms with E-state index in [9.17, 15) is 22.0 Å². The first-order chi connectivity index (χ1) is 12.4. The Balaban J connectivity index is 1.59. The van der Waals surface area contributed by atoms with Crippen molar-refractivity contribution < 1.29 is 22.0 Å². The van der Waals surface area contributed by atoms with E-state index in [4.69, 9.17) is 0 Å². The maximum atomic E-state index is 13.8. The summed E-state index contributed by atoms with van der Waals surface area (Å²) in [6, 6.07) is 6.24. The zero-order valence-corrected chi connectivity index (χ0v) is 16.0. The maximum Gasteiger partial charge on any atom is 0.246 e. The lowest BCUT2D eigenvalue weighted by molar-refractivity contribution is -0.129. The molecule has 10 heteroatoms. The highest BCUT2D eigenvalue weighted by atomic mass is 32.2. The number of hydrogen-bond donors (Lipinski definition) is 0. The van der Waals surface area contributed by atoms with Crippen LogP contribution in [0.3, 0.4) is 0 Å². The van der Waals surface area contributed by atoms with Gasteiger partial charge in [-0.1, -0.05) is 6.07 Å². The van der Waals surface area contributed by atoms with Gasteiger partial charge in [0.25, 0.3) is 0 Å². The van der Waals surface area contributed by atoms with Gasteiger partial charge in [0.2, 0.25) is 15.9 Å². The molecule has 140 valence electrons. The van der Waals surface area contributed by atoms with Crippen LogP contribution in [0.2, 0.25) is 0 Å². The number of rotatable bonds is 5. The Morgan fingerprint density at radius 2 is 1.88 bits per heavy atom. The number of thiophene rings is 1. The average Bonchev–Trinajstić information content (AvgIpc) is 3.13. The highest BCUT2D eigenvalue weighted by molar-refractivity contribution is 8.01. The van der Waals surface area contributed by atoms with Gasteiger partial charge in [-0.25, -0.2) is 17.2 Å². The molecule has 1 aromatic heterocycles. The zero-order chi connectivity index (χ0) is 18.7. The third kappa shape index (κ3) is 4.25. The van der Waals surface area contributed by atoms with E-state index in [1.165, 1.54) is 11.8 Å². The molecule has 0 radical (unpaired) electrons. The summed E-state index contributed by atoms with van der Waals surface area (Å²) in [5, 5.41) is 1.94. The van der Waals surface area contributed by atoms with Crippen LogP contribution < -0.4 is 0 Å². The molecule has 0 atom stereocenters. The molecule has 2 heterocycles. The Labute approximate surface area is 158 Å². The number of amides is 1. The van der Waals surface area contributed by atoms with Crippen LogP contribution in [0.25, 0.3) is 0 Å². The SMILES string of the molecule is O=C(CSc1cccs1)N1CCN(S(=O)(=O)c2ccc(F)cc2F)CC1. The number of benzene rings is 1. The molecular weight excluding hydrogens is 402 g/mol. The van der Waals surface area contributed by atoms with Crippen molar-refractivity contribution in [3.8, 4) is 0 Å². The van der Waals surface area contributed by atoms with Gasteiger partial charge in [0.1, 0.15) is 16.5 Å². The molecule has 2 aromatic rings. The summed E-state index contributed by atoms with van der Waals surface area (Å²) in [6.07, 6.45) is 0. The van der Waals surface area contributed by atoms with Crippen molar-refractivity contribution in [1.82, 2.24) is 9.21 Å². The third-order valence-electron chi connectivity index (χ3n) is 3.94. The van der Waals surface area contributed by atoms with Crippen LogP contribution in [0, 0.1) is 11.6 Å². The van der Waals surface area contributed by atoms with Crippen LogP contribution in [-0.2, 0) is 14.8 Å². The maximum absolute atomic E-state index is 13.8. The number of nitrogens with zero attached hydrogens (tertiary/aromatic N) is 2. The Bertz CT molecular complexity index is 880. The molecule has 1 saturated heterocycles. The van der Waals surface area contributed by atoms with Gasteiger partial charge in [-0.15, -0.1) is 23.1 Å². The normalized spacial score (nSPS) is 16.0. The second-order valence-corrected chi connectivity index (χ2v) is 9.71. The van der Waals surface area contributed by atoms with Gasteiger partial charge in [0.05, 0.1) is 9.96 Å². The van der Waals surface area contributed by atoms with Gasteiger partial charge < -0.3 is 4.90 Å². The van der Waals surface area contributed by atoms with Crippen molar-refractivity contribution in [1.29, 1.82) is 0 Å². The predicted octanol–water partition coefficient (Wildman–Crippen LogP) is 2.65. The number of thioether (sulfide) groups is 1. The van der Waals surface area contributed by atoms with E-state index >= 15 is 0 Å². The standard InChI is InChI=1S/C16H16F2N2O3S3/c17-12-3-4-14(13(18)10-12)26(22,23)20-7-5-19(6-8-20)15(21)11-25-16-2-1-9-24-16/h1-4,9-10H,5-8,11H2. The molecule has 0 spiro atoms. The van der Waals surface area contributed by atoms with Crippen LogP contribution in [0.4, 0.5) is 8.78 Å². The summed E-state index contributed by atoms with van der Waals surface area (Å²) in [7, 11) is -4.06. The van der Waals surface area contributed by atoms with Gasteiger partial charge in [-0.3, -0.25) is 4.79 Å². The summed E-state index contributed by atoms with van der Waals surface area (Å²) in [6.45, 7) is 0.640. The monoisotopic (exact) mass is 418 g/mol. The number of carbonyl (C=O) groups is 1. The fraction of sp³-hybridized carbons (Fsp3) is 0.312. The van der Waals surface area contributed by atoms with Gasteiger partial charge in [-0.2, -0.15) is 4.31 Å². The number of halogens is 2. The van der Waals surface area contributed by atoms with Crippen molar-refractivity contribution in [2.75, 3.05) is 31.9 Å². The molecule has 0 bridgehead atoms. The molecule has 1 fully saturated rings. The van der Waals surface area contributed by atoms with Crippen LogP contribution >= 0.6 is 23.1 Å². The van der Waals surface area contributed by atoms with Crippen LogP contribution in [0.1, 0.15) is 0 Å². The molecule has 0 unspecified atom stereocenters. The van der Waals surface area contributed by atoms with E-state index in [0.29, 0.717) is 11.8 Å². The van der Waals surface area contributed by atoms with Gasteiger partial charge in [-0.05, 0) is 23.6 Å². The van der Waals surface area contributed by atoms with E-state index in [2.05, 4.69) is 0 Å². The van der Waals surface area contributed by atoms with Crippen LogP contribution in [0.5, 0.6) is 0 Å². The summed E-state index contributed by atoms with van der Waals surface area (Å²) < 4.78 is 54.1. The van der Waals surface area contributed by atoms with Crippen molar-refractivity contribution in [2.24, 2.45) is 0 Å². The molecule has 0 aliphatic carbocycles. The van der Waals surface area contributed by atoms with Crippen LogP contribution in [-0.4, -0.2) is 55.5 Å². The fourth-order valence-corrected chi connectivity index (χ4v) is 5.73. The average molecular weight is 419 g/mol. The third-order valence-corrected chi connectivity index (χ3v) is 7.98. The molecule has 1 aromatic carbocycles. The lowest BCUT2D eigenvalue weighted by atomic mass is 10.3. The highest BCUT2D eigenvalue weighted by Crippen LogP contribution is 2.25. The first kappa shape index (κ1) is 19.3. The largest absolute Gasteiger partial charge is 0.339 e. The molecule has 1 aliphatic rings. The lowest BCUT2D eigenvalue weighted by Crippen LogP contribution is -2.51. The molecule has 26 heavy (non-hydrogen) atoms. The number of piperazine rings is 1. The van der Waals surface area contributed by atoms with E-state index < -0.39 is 26.6 Å². The minimum absolute atomic E-state index is 0.0617. The smallest absolute Gasteiger partial charge is 0.246 e. The highest BCUT2D eigenvalue weighted by Gasteiger charge is 2.32. The van der Waals surface area contributed by atoms with Crippen molar-refractivity contribution >= 4 is 39.0 Å². The number of hydrogen-bond acceptors (Lipinski definition) is 5. The Kier molecular flexibility index (Phi) is 5.96. The quantitative estimate of drug-likeness (QED) is 0.701. The van der Waals surface area contributed by atoms with E-state index in [0.717, 1.165) is 20.6 Å². The first-order valence-corrected chi connectivity index (χ1v) is 11.1. The zero-order valence-electron chi connectivity index (χ0n) is 13.6. The van der Waals surface area contributed by atoms with Gasteiger partial charge >= 0.3 is 0 Å². The molecule has 0 N–H and O–H groups in total. The summed E-state index contributed by atoms with van der Waals surface area (Å²) in [4.78, 5) is 13.3. The second kappa shape index (κ2) is 8.03.